The first kappa shape index (κ1) is 27.4. The number of likely N-dealkylation sites (tertiary alicyclic amines) is 4. The first-order valence-corrected chi connectivity index (χ1v) is 14.4. The van der Waals surface area contributed by atoms with E-state index in [0.29, 0.717) is 16.9 Å². The quantitative estimate of drug-likeness (QED) is 0.541. The zero-order chi connectivity index (χ0) is 24.4. The maximum Gasteiger partial charge on any atom is 0.00756 e. The molecule has 0 bridgehead atoms. The van der Waals surface area contributed by atoms with E-state index in [1.165, 1.54) is 84.3 Å². The molecule has 4 saturated heterocycles. The van der Waals surface area contributed by atoms with Crippen molar-refractivity contribution < 1.29 is 0 Å². The summed E-state index contributed by atoms with van der Waals surface area (Å²) in [6.07, 6.45) is 8.55. The minimum Gasteiger partial charge on any atom is -0.301 e. The Bertz CT molecular complexity index is 582. The standard InChI is InChI=1S/C15H30N2.C14H28N2/c1-12(2)16-8-6-15(7-9-16)10-14(5)17(11-15)13(3)4;1-12(2)15-8-5-14(6-9-15)7-10-16(11-14)13(3)4/h12-14H,6-11H2,1-5H3;12-13H,5-11H2,1-4H3. The van der Waals surface area contributed by atoms with E-state index in [4.69, 9.17) is 0 Å². The summed E-state index contributed by atoms with van der Waals surface area (Å²) in [5.41, 5.74) is 1.32. The highest BCUT2D eigenvalue weighted by Crippen LogP contribution is 2.44. The van der Waals surface area contributed by atoms with E-state index in [1.807, 2.05) is 0 Å². The number of hydrogen-bond donors (Lipinski definition) is 0. The molecule has 0 aromatic rings. The minimum atomic E-state index is 0.648. The summed E-state index contributed by atoms with van der Waals surface area (Å²) >= 11 is 0. The Labute approximate surface area is 207 Å². The first-order valence-electron chi connectivity index (χ1n) is 14.4. The third-order valence-electron chi connectivity index (χ3n) is 9.85. The maximum atomic E-state index is 2.71. The van der Waals surface area contributed by atoms with Crippen molar-refractivity contribution in [1.82, 2.24) is 19.6 Å². The molecule has 4 nitrogen and oxygen atoms in total. The van der Waals surface area contributed by atoms with Gasteiger partial charge in [-0.2, -0.15) is 0 Å². The van der Waals surface area contributed by atoms with Crippen LogP contribution in [0.25, 0.3) is 0 Å². The van der Waals surface area contributed by atoms with Gasteiger partial charge in [0.25, 0.3) is 0 Å². The predicted molar refractivity (Wildman–Crippen MR) is 144 cm³/mol. The van der Waals surface area contributed by atoms with Gasteiger partial charge >= 0.3 is 0 Å². The summed E-state index contributed by atoms with van der Waals surface area (Å²) < 4.78 is 0. The van der Waals surface area contributed by atoms with Gasteiger partial charge in [0.05, 0.1) is 0 Å². The van der Waals surface area contributed by atoms with E-state index in [0.717, 1.165) is 24.2 Å². The molecule has 4 heterocycles. The lowest BCUT2D eigenvalue weighted by atomic mass is 9.76. The molecular weight excluding hydrogens is 404 g/mol. The van der Waals surface area contributed by atoms with Crippen LogP contribution in [0, 0.1) is 10.8 Å². The predicted octanol–water partition coefficient (Wildman–Crippen LogP) is 5.57. The van der Waals surface area contributed by atoms with Gasteiger partial charge in [0.2, 0.25) is 0 Å². The first-order chi connectivity index (χ1) is 15.5. The molecular formula is C29H58N4. The summed E-state index contributed by atoms with van der Waals surface area (Å²) in [6, 6.07) is 3.71. The van der Waals surface area contributed by atoms with E-state index in [2.05, 4.69) is 81.9 Å². The van der Waals surface area contributed by atoms with E-state index in [1.54, 1.807) is 0 Å². The topological polar surface area (TPSA) is 13.0 Å². The average Bonchev–Trinajstić information content (AvgIpc) is 3.31. The van der Waals surface area contributed by atoms with Crippen LogP contribution in [0.15, 0.2) is 0 Å². The molecule has 4 aliphatic rings. The Morgan fingerprint density at radius 1 is 0.515 bits per heavy atom. The highest BCUT2D eigenvalue weighted by molar-refractivity contribution is 4.98. The molecule has 1 unspecified atom stereocenters. The highest BCUT2D eigenvalue weighted by Gasteiger charge is 2.44. The molecule has 194 valence electrons. The van der Waals surface area contributed by atoms with Crippen LogP contribution in [0.3, 0.4) is 0 Å². The van der Waals surface area contributed by atoms with Gasteiger partial charge in [-0.1, -0.05) is 0 Å². The number of rotatable bonds is 4. The van der Waals surface area contributed by atoms with Crippen LogP contribution in [-0.4, -0.2) is 95.6 Å². The minimum absolute atomic E-state index is 0.648. The molecule has 2 spiro atoms. The summed E-state index contributed by atoms with van der Waals surface area (Å²) in [5.74, 6) is 0. The second-order valence-corrected chi connectivity index (χ2v) is 13.4. The van der Waals surface area contributed by atoms with Crippen LogP contribution in [0.4, 0.5) is 0 Å². The zero-order valence-corrected chi connectivity index (χ0v) is 23.9. The Kier molecular flexibility index (Phi) is 9.37. The van der Waals surface area contributed by atoms with Crippen LogP contribution in [0.2, 0.25) is 0 Å². The maximum absolute atomic E-state index is 2.71. The van der Waals surface area contributed by atoms with Crippen molar-refractivity contribution in [2.45, 2.75) is 131 Å². The van der Waals surface area contributed by atoms with Crippen molar-refractivity contribution in [1.29, 1.82) is 0 Å². The van der Waals surface area contributed by atoms with Crippen molar-refractivity contribution in [3.05, 3.63) is 0 Å². The summed E-state index contributed by atoms with van der Waals surface area (Å²) in [5, 5.41) is 0. The smallest absolute Gasteiger partial charge is 0.00756 e. The van der Waals surface area contributed by atoms with Crippen molar-refractivity contribution in [2.75, 3.05) is 45.8 Å². The fourth-order valence-electron chi connectivity index (χ4n) is 7.25. The number of nitrogens with zero attached hydrogens (tertiary/aromatic N) is 4. The van der Waals surface area contributed by atoms with Gasteiger partial charge in [-0.15, -0.1) is 0 Å². The molecule has 0 amide bonds. The molecule has 0 radical (unpaired) electrons. The summed E-state index contributed by atoms with van der Waals surface area (Å²) in [7, 11) is 0. The lowest BCUT2D eigenvalue weighted by Gasteiger charge is -2.41. The third kappa shape index (κ3) is 6.74. The Morgan fingerprint density at radius 3 is 1.24 bits per heavy atom. The molecule has 0 aliphatic carbocycles. The van der Waals surface area contributed by atoms with Crippen LogP contribution in [-0.2, 0) is 0 Å². The molecule has 0 saturated carbocycles. The zero-order valence-electron chi connectivity index (χ0n) is 23.9. The largest absolute Gasteiger partial charge is 0.301 e. The van der Waals surface area contributed by atoms with E-state index in [-0.39, 0.29) is 0 Å². The van der Waals surface area contributed by atoms with E-state index in [9.17, 15) is 0 Å². The number of piperidine rings is 2. The van der Waals surface area contributed by atoms with Gasteiger partial charge in [0.15, 0.2) is 0 Å². The second kappa shape index (κ2) is 11.3. The molecule has 4 rings (SSSR count). The van der Waals surface area contributed by atoms with Gasteiger partial charge in [0, 0.05) is 43.3 Å². The van der Waals surface area contributed by atoms with Gasteiger partial charge in [-0.3, -0.25) is 4.90 Å². The highest BCUT2D eigenvalue weighted by atomic mass is 15.2. The Hall–Kier alpha value is -0.160. The van der Waals surface area contributed by atoms with E-state index >= 15 is 0 Å². The monoisotopic (exact) mass is 462 g/mol. The number of hydrogen-bond acceptors (Lipinski definition) is 4. The molecule has 0 aromatic carbocycles. The third-order valence-corrected chi connectivity index (χ3v) is 9.85. The van der Waals surface area contributed by atoms with Crippen LogP contribution in [0.5, 0.6) is 0 Å². The lowest BCUT2D eigenvalue weighted by molar-refractivity contribution is 0.0836. The van der Waals surface area contributed by atoms with Gasteiger partial charge < -0.3 is 14.7 Å². The fraction of sp³-hybridized carbons (Fsp3) is 1.00. The van der Waals surface area contributed by atoms with E-state index < -0.39 is 0 Å². The molecule has 4 heteroatoms. The van der Waals surface area contributed by atoms with Crippen LogP contribution >= 0.6 is 0 Å². The average molecular weight is 463 g/mol. The molecule has 33 heavy (non-hydrogen) atoms. The molecule has 4 aliphatic heterocycles. The molecule has 4 fully saturated rings. The summed E-state index contributed by atoms with van der Waals surface area (Å²) in [6.45, 7) is 30.4. The van der Waals surface area contributed by atoms with Crippen LogP contribution < -0.4 is 0 Å². The Morgan fingerprint density at radius 2 is 0.909 bits per heavy atom. The molecule has 0 N–H and O–H groups in total. The lowest BCUT2D eigenvalue weighted by Crippen LogP contribution is -2.44. The Balaban J connectivity index is 0.000000186. The van der Waals surface area contributed by atoms with Gasteiger partial charge in [-0.25, -0.2) is 0 Å². The SMILES string of the molecule is CC(C)N1CCC2(CC1)CC(C)N(C(C)C)C2.CC(C)N1CCC2(CC1)CCN(C(C)C)C2. The van der Waals surface area contributed by atoms with Crippen molar-refractivity contribution in [2.24, 2.45) is 10.8 Å². The fourth-order valence-corrected chi connectivity index (χ4v) is 7.25. The van der Waals surface area contributed by atoms with Crippen molar-refractivity contribution >= 4 is 0 Å². The van der Waals surface area contributed by atoms with Gasteiger partial charge in [-0.05, 0) is 144 Å². The summed E-state index contributed by atoms with van der Waals surface area (Å²) in [4.78, 5) is 10.7. The van der Waals surface area contributed by atoms with Gasteiger partial charge in [0.1, 0.15) is 0 Å². The molecule has 1 atom stereocenters. The van der Waals surface area contributed by atoms with Crippen LogP contribution in [0.1, 0.15) is 101 Å². The normalized spacial score (nSPS) is 29.2. The van der Waals surface area contributed by atoms with Crippen molar-refractivity contribution in [3.8, 4) is 0 Å². The molecule has 0 aromatic heterocycles. The van der Waals surface area contributed by atoms with Crippen molar-refractivity contribution in [3.63, 3.8) is 0 Å². The second-order valence-electron chi connectivity index (χ2n) is 13.4.